The van der Waals surface area contributed by atoms with Gasteiger partial charge in [0.2, 0.25) is 0 Å². The second kappa shape index (κ2) is 7.69. The van der Waals surface area contributed by atoms with E-state index in [4.69, 9.17) is 0 Å². The van der Waals surface area contributed by atoms with E-state index >= 15 is 0 Å². The lowest BCUT2D eigenvalue weighted by molar-refractivity contribution is -0.123. The van der Waals surface area contributed by atoms with Crippen LogP contribution in [0.5, 0.6) is 0 Å². The molecule has 0 spiro atoms. The summed E-state index contributed by atoms with van der Waals surface area (Å²) in [5.74, 6) is -0.0351. The van der Waals surface area contributed by atoms with Gasteiger partial charge in [0.1, 0.15) is 5.54 Å². The number of H-pyrrole nitrogens is 1. The average molecular weight is 425 g/mol. The van der Waals surface area contributed by atoms with E-state index in [1.165, 1.54) is 0 Å². The number of amides is 1. The number of aromatic nitrogens is 3. The largest absolute Gasteiger partial charge is 0.300 e. The number of benzene rings is 2. The van der Waals surface area contributed by atoms with Gasteiger partial charge in [-0.25, -0.2) is 5.10 Å². The van der Waals surface area contributed by atoms with Crippen molar-refractivity contribution in [1.82, 2.24) is 20.5 Å². The van der Waals surface area contributed by atoms with Gasteiger partial charge in [0.05, 0.1) is 28.7 Å². The number of aromatic amines is 1. The van der Waals surface area contributed by atoms with Crippen molar-refractivity contribution in [1.29, 1.82) is 0 Å². The molecule has 7 nitrogen and oxygen atoms in total. The number of pyridine rings is 1. The fraction of sp³-hybridized carbons (Fsp3) is 0.200. The van der Waals surface area contributed by atoms with Crippen LogP contribution in [-0.4, -0.2) is 27.6 Å². The number of hydrogen-bond donors (Lipinski definition) is 2. The first-order valence-electron chi connectivity index (χ1n) is 10.6. The minimum Gasteiger partial charge on any atom is -0.300 e. The average Bonchev–Trinajstić information content (AvgIpc) is 3.03. The molecule has 1 aliphatic heterocycles. The topological polar surface area (TPSA) is 91.0 Å². The SMILES string of the molecule is CCNC1(C)C(=O)N(c2cncc(Cc3n[nH]c(=O)c4ccccc34)c2)c2ccccc21. The monoisotopic (exact) mass is 425 g/mol. The number of carbonyl (C=O) groups is 1. The molecule has 4 aromatic rings. The molecule has 1 unspecified atom stereocenters. The lowest BCUT2D eigenvalue weighted by Crippen LogP contribution is -2.47. The zero-order chi connectivity index (χ0) is 22.3. The zero-order valence-electron chi connectivity index (χ0n) is 17.9. The highest BCUT2D eigenvalue weighted by Gasteiger charge is 2.47. The number of anilines is 2. The van der Waals surface area contributed by atoms with Gasteiger partial charge < -0.3 is 5.32 Å². The maximum absolute atomic E-state index is 13.5. The molecule has 1 amide bonds. The molecule has 2 aromatic carbocycles. The van der Waals surface area contributed by atoms with Crippen LogP contribution in [0.25, 0.3) is 10.8 Å². The third kappa shape index (κ3) is 3.09. The van der Waals surface area contributed by atoms with Crippen molar-refractivity contribution in [3.63, 3.8) is 0 Å². The van der Waals surface area contributed by atoms with Crippen molar-refractivity contribution >= 4 is 28.1 Å². The van der Waals surface area contributed by atoms with E-state index in [0.29, 0.717) is 24.0 Å². The number of nitrogens with one attached hydrogen (secondary N) is 2. The first-order chi connectivity index (χ1) is 15.5. The van der Waals surface area contributed by atoms with Gasteiger partial charge in [-0.15, -0.1) is 0 Å². The van der Waals surface area contributed by atoms with Crippen molar-refractivity contribution < 1.29 is 4.79 Å². The normalized spacial score (nSPS) is 17.7. The minimum absolute atomic E-state index is 0.0351. The van der Waals surface area contributed by atoms with Gasteiger partial charge in [0.25, 0.3) is 11.5 Å². The summed E-state index contributed by atoms with van der Waals surface area (Å²) in [4.78, 5) is 31.8. The molecule has 2 N–H and O–H groups in total. The van der Waals surface area contributed by atoms with Crippen LogP contribution in [0.1, 0.15) is 30.7 Å². The third-order valence-corrected chi connectivity index (χ3v) is 6.03. The molecule has 0 aliphatic carbocycles. The summed E-state index contributed by atoms with van der Waals surface area (Å²) in [7, 11) is 0. The van der Waals surface area contributed by atoms with Crippen molar-refractivity contribution in [2.45, 2.75) is 25.8 Å². The first kappa shape index (κ1) is 20.1. The number of carbonyl (C=O) groups excluding carboxylic acids is 1. The molecule has 0 fully saturated rings. The highest BCUT2D eigenvalue weighted by Crippen LogP contribution is 2.44. The maximum atomic E-state index is 13.5. The van der Waals surface area contributed by atoms with E-state index in [1.54, 1.807) is 23.4 Å². The van der Waals surface area contributed by atoms with Crippen LogP contribution in [0.3, 0.4) is 0 Å². The molecule has 0 radical (unpaired) electrons. The summed E-state index contributed by atoms with van der Waals surface area (Å²) < 4.78 is 0. The van der Waals surface area contributed by atoms with Crippen molar-refractivity contribution in [3.8, 4) is 0 Å². The Morgan fingerprint density at radius 1 is 1.03 bits per heavy atom. The van der Waals surface area contributed by atoms with Crippen LogP contribution in [0, 0.1) is 0 Å². The minimum atomic E-state index is -0.794. The fourth-order valence-electron chi connectivity index (χ4n) is 4.51. The second-order valence-electron chi connectivity index (χ2n) is 8.09. The van der Waals surface area contributed by atoms with Gasteiger partial charge >= 0.3 is 0 Å². The lowest BCUT2D eigenvalue weighted by Gasteiger charge is -2.25. The summed E-state index contributed by atoms with van der Waals surface area (Å²) in [5.41, 5.74) is 3.16. The number of nitrogens with zero attached hydrogens (tertiary/aromatic N) is 3. The quantitative estimate of drug-likeness (QED) is 0.511. The molecule has 1 atom stereocenters. The molecular formula is C25H23N5O2. The third-order valence-electron chi connectivity index (χ3n) is 6.03. The van der Waals surface area contributed by atoms with E-state index in [0.717, 1.165) is 27.9 Å². The van der Waals surface area contributed by atoms with E-state index in [1.807, 2.05) is 62.4 Å². The predicted molar refractivity (Wildman–Crippen MR) is 124 cm³/mol. The molecule has 0 bridgehead atoms. The summed E-state index contributed by atoms with van der Waals surface area (Å²) >= 11 is 0. The number of rotatable bonds is 5. The van der Waals surface area contributed by atoms with Crippen molar-refractivity contribution in [3.05, 3.63) is 94.2 Å². The molecule has 3 heterocycles. The zero-order valence-corrected chi connectivity index (χ0v) is 17.9. The maximum Gasteiger partial charge on any atom is 0.272 e. The number of likely N-dealkylation sites (N-methyl/N-ethyl adjacent to an activating group) is 1. The molecule has 0 saturated heterocycles. The molecule has 7 heteroatoms. The Morgan fingerprint density at radius 2 is 1.78 bits per heavy atom. The number of hydrogen-bond acceptors (Lipinski definition) is 5. The molecule has 160 valence electrons. The van der Waals surface area contributed by atoms with E-state index in [-0.39, 0.29) is 11.5 Å². The lowest BCUT2D eigenvalue weighted by atomic mass is 9.94. The molecule has 1 aliphatic rings. The van der Waals surface area contributed by atoms with Crippen LogP contribution in [0.2, 0.25) is 0 Å². The van der Waals surface area contributed by atoms with Crippen molar-refractivity contribution in [2.75, 3.05) is 11.4 Å². The van der Waals surface area contributed by atoms with Gasteiger partial charge in [-0.05, 0) is 37.2 Å². The molecule has 2 aromatic heterocycles. The van der Waals surface area contributed by atoms with Gasteiger partial charge in [0.15, 0.2) is 0 Å². The van der Waals surface area contributed by atoms with Gasteiger partial charge in [-0.2, -0.15) is 5.10 Å². The van der Waals surface area contributed by atoms with Crippen LogP contribution < -0.4 is 15.8 Å². The van der Waals surface area contributed by atoms with Crippen LogP contribution in [0.15, 0.2) is 71.8 Å². The Kier molecular flexibility index (Phi) is 4.83. The highest BCUT2D eigenvalue weighted by atomic mass is 16.2. The van der Waals surface area contributed by atoms with E-state index in [2.05, 4.69) is 20.5 Å². The Morgan fingerprint density at radius 3 is 2.59 bits per heavy atom. The van der Waals surface area contributed by atoms with Crippen LogP contribution >= 0.6 is 0 Å². The van der Waals surface area contributed by atoms with Gasteiger partial charge in [-0.1, -0.05) is 43.3 Å². The molecule has 32 heavy (non-hydrogen) atoms. The van der Waals surface area contributed by atoms with E-state index < -0.39 is 5.54 Å². The smallest absolute Gasteiger partial charge is 0.272 e. The number of fused-ring (bicyclic) bond motifs is 2. The molecule has 5 rings (SSSR count). The predicted octanol–water partition coefficient (Wildman–Crippen LogP) is 3.41. The Balaban J connectivity index is 1.55. The van der Waals surface area contributed by atoms with Crippen LogP contribution in [-0.2, 0) is 16.8 Å². The Labute approximate surface area is 185 Å². The summed E-state index contributed by atoms with van der Waals surface area (Å²) in [6.07, 6.45) is 3.95. The highest BCUT2D eigenvalue weighted by molar-refractivity contribution is 6.12. The summed E-state index contributed by atoms with van der Waals surface area (Å²) in [5, 5.41) is 11.6. The van der Waals surface area contributed by atoms with Crippen LogP contribution in [0.4, 0.5) is 11.4 Å². The number of para-hydroxylation sites is 1. The standard InChI is InChI=1S/C25H23N5O2/c1-3-27-25(2)20-10-6-7-11-22(20)30(24(25)32)17-12-16(14-26-15-17)13-21-18-8-4-5-9-19(18)23(31)29-28-21/h4-12,14-15,27H,3,13H2,1-2H3,(H,29,31). The molecule has 0 saturated carbocycles. The van der Waals surface area contributed by atoms with E-state index in [9.17, 15) is 9.59 Å². The van der Waals surface area contributed by atoms with Crippen molar-refractivity contribution in [2.24, 2.45) is 0 Å². The molecular weight excluding hydrogens is 402 g/mol. The Hall–Kier alpha value is -3.84. The Bertz CT molecular complexity index is 1400. The first-order valence-corrected chi connectivity index (χ1v) is 10.6. The van der Waals surface area contributed by atoms with Gasteiger partial charge in [0, 0.05) is 23.6 Å². The summed E-state index contributed by atoms with van der Waals surface area (Å²) in [6, 6.07) is 17.2. The second-order valence-corrected chi connectivity index (χ2v) is 8.09. The fourth-order valence-corrected chi connectivity index (χ4v) is 4.51. The summed E-state index contributed by atoms with van der Waals surface area (Å²) in [6.45, 7) is 4.59. The van der Waals surface area contributed by atoms with Gasteiger partial charge in [-0.3, -0.25) is 19.5 Å².